The SMILES string of the molecule is C=C(C)C1=C(O)[C@]2(O)C(=O)C3=C(O)c4c(O)c(CCC5=CC(C)=CC5)cc(N(C)C)c4C[C@@H]3C[C@@H]2CC1=O. The van der Waals surface area contributed by atoms with E-state index in [4.69, 9.17) is 0 Å². The molecule has 1 aromatic rings. The van der Waals surface area contributed by atoms with Crippen molar-refractivity contribution >= 4 is 23.0 Å². The van der Waals surface area contributed by atoms with E-state index in [2.05, 4.69) is 25.7 Å². The molecule has 0 aromatic heterocycles. The van der Waals surface area contributed by atoms with E-state index in [0.29, 0.717) is 18.4 Å². The molecule has 0 unspecified atom stereocenters. The number of anilines is 1. The minimum absolute atomic E-state index is 0.00584. The van der Waals surface area contributed by atoms with Gasteiger partial charge in [0.25, 0.3) is 0 Å². The number of phenolic OH excluding ortho intramolecular Hbond substituents is 1. The highest BCUT2D eigenvalue weighted by Gasteiger charge is 2.59. The van der Waals surface area contributed by atoms with Gasteiger partial charge in [-0.25, -0.2) is 0 Å². The van der Waals surface area contributed by atoms with Crippen LogP contribution in [0.25, 0.3) is 5.76 Å². The van der Waals surface area contributed by atoms with Crippen molar-refractivity contribution in [2.24, 2.45) is 11.8 Å². The van der Waals surface area contributed by atoms with Crippen LogP contribution in [0.15, 0.2) is 58.4 Å². The Hall–Kier alpha value is -3.58. The summed E-state index contributed by atoms with van der Waals surface area (Å²) in [6, 6.07) is 1.95. The molecular formula is C31H35NO6. The standard InChI is InChI=1S/C31H35NO6/c1-15(2)24-23(33)14-20-11-19-12-21-22(32(4)5)13-18(9-8-17-7-6-16(3)10-17)27(34)26(21)28(35)25(19)30(37)31(20,38)29(24)36/h6,10,13,19-20,34-36,38H,1,7-9,11-12,14H2,2-5H3/t19-,20+,31-/m0/s1. The van der Waals surface area contributed by atoms with Crippen LogP contribution in [0.3, 0.4) is 0 Å². The van der Waals surface area contributed by atoms with Crippen molar-refractivity contribution in [2.75, 3.05) is 19.0 Å². The second-order valence-corrected chi connectivity index (χ2v) is 11.4. The summed E-state index contributed by atoms with van der Waals surface area (Å²) in [5.41, 5.74) is 2.74. The summed E-state index contributed by atoms with van der Waals surface area (Å²) in [4.78, 5) is 28.6. The third kappa shape index (κ3) is 3.75. The van der Waals surface area contributed by atoms with Gasteiger partial charge in [0.1, 0.15) is 17.3 Å². The Morgan fingerprint density at radius 1 is 1.16 bits per heavy atom. The molecule has 1 saturated carbocycles. The maximum Gasteiger partial charge on any atom is 0.202 e. The molecule has 0 saturated heterocycles. The van der Waals surface area contributed by atoms with Gasteiger partial charge in [-0.05, 0) is 74.6 Å². The first-order chi connectivity index (χ1) is 17.9. The average Bonchev–Trinajstić information content (AvgIpc) is 3.25. The third-order valence-corrected chi connectivity index (χ3v) is 8.61. The molecule has 38 heavy (non-hydrogen) atoms. The highest BCUT2D eigenvalue weighted by molar-refractivity contribution is 6.14. The second kappa shape index (κ2) is 9.02. The molecule has 4 aliphatic rings. The van der Waals surface area contributed by atoms with Gasteiger partial charge in [-0.2, -0.15) is 0 Å². The first kappa shape index (κ1) is 26.0. The fourth-order valence-electron chi connectivity index (χ4n) is 6.70. The Labute approximate surface area is 222 Å². The molecule has 7 nitrogen and oxygen atoms in total. The van der Waals surface area contributed by atoms with Gasteiger partial charge in [-0.3, -0.25) is 9.59 Å². The highest BCUT2D eigenvalue weighted by atomic mass is 16.3. The highest BCUT2D eigenvalue weighted by Crippen LogP contribution is 2.54. The number of carbonyl (C=O) groups is 2. The minimum atomic E-state index is -2.32. The predicted molar refractivity (Wildman–Crippen MR) is 146 cm³/mol. The number of Topliss-reactive ketones (excluding diaryl/α,β-unsaturated/α-hetero) is 2. The molecule has 4 aliphatic carbocycles. The Balaban J connectivity index is 1.63. The Morgan fingerprint density at radius 3 is 2.47 bits per heavy atom. The van der Waals surface area contributed by atoms with Gasteiger partial charge in [0, 0.05) is 37.7 Å². The molecule has 0 radical (unpaired) electrons. The van der Waals surface area contributed by atoms with E-state index in [1.165, 1.54) is 18.1 Å². The van der Waals surface area contributed by atoms with Crippen molar-refractivity contribution in [3.05, 3.63) is 75.1 Å². The molecule has 1 aromatic carbocycles. The molecule has 200 valence electrons. The van der Waals surface area contributed by atoms with Crippen LogP contribution in [0.5, 0.6) is 5.75 Å². The molecule has 0 aliphatic heterocycles. The second-order valence-electron chi connectivity index (χ2n) is 11.4. The van der Waals surface area contributed by atoms with Gasteiger partial charge in [0.05, 0.1) is 11.1 Å². The van der Waals surface area contributed by atoms with Crippen LogP contribution >= 0.6 is 0 Å². The van der Waals surface area contributed by atoms with Gasteiger partial charge >= 0.3 is 0 Å². The number of rotatable bonds is 5. The largest absolute Gasteiger partial charge is 0.508 e. The number of hydrogen-bond donors (Lipinski definition) is 4. The smallest absolute Gasteiger partial charge is 0.202 e. The topological polar surface area (TPSA) is 118 Å². The lowest BCUT2D eigenvalue weighted by Crippen LogP contribution is -2.57. The van der Waals surface area contributed by atoms with Crippen LogP contribution in [0.4, 0.5) is 5.69 Å². The molecule has 1 fully saturated rings. The lowest BCUT2D eigenvalue weighted by Gasteiger charge is -2.46. The number of aliphatic hydroxyl groups is 3. The van der Waals surface area contributed by atoms with Crippen molar-refractivity contribution in [1.29, 1.82) is 0 Å². The van der Waals surface area contributed by atoms with E-state index in [-0.39, 0.29) is 52.4 Å². The number of carbonyl (C=O) groups excluding carboxylic acids is 2. The lowest BCUT2D eigenvalue weighted by molar-refractivity contribution is -0.147. The fraction of sp³-hybridized carbons (Fsp3) is 0.419. The van der Waals surface area contributed by atoms with Gasteiger partial charge < -0.3 is 25.3 Å². The number of allylic oxidation sites excluding steroid dienone is 6. The number of fused-ring (bicyclic) bond motifs is 3. The summed E-state index contributed by atoms with van der Waals surface area (Å²) < 4.78 is 0. The summed E-state index contributed by atoms with van der Waals surface area (Å²) in [6.07, 6.45) is 7.01. The maximum absolute atomic E-state index is 13.9. The first-order valence-electron chi connectivity index (χ1n) is 13.1. The predicted octanol–water partition coefficient (Wildman–Crippen LogP) is 4.79. The van der Waals surface area contributed by atoms with Gasteiger partial charge in [0.2, 0.25) is 5.78 Å². The summed E-state index contributed by atoms with van der Waals surface area (Å²) >= 11 is 0. The minimum Gasteiger partial charge on any atom is -0.508 e. The number of benzene rings is 1. The van der Waals surface area contributed by atoms with E-state index in [1.807, 2.05) is 25.1 Å². The molecule has 5 rings (SSSR count). The Bertz CT molecular complexity index is 1420. The summed E-state index contributed by atoms with van der Waals surface area (Å²) in [6.45, 7) is 7.33. The van der Waals surface area contributed by atoms with Gasteiger partial charge in [-0.15, -0.1) is 0 Å². The fourth-order valence-corrected chi connectivity index (χ4v) is 6.70. The van der Waals surface area contributed by atoms with Crippen molar-refractivity contribution < 1.29 is 30.0 Å². The van der Waals surface area contributed by atoms with Crippen LogP contribution < -0.4 is 4.90 Å². The number of phenols is 1. The van der Waals surface area contributed by atoms with Crippen LogP contribution in [0, 0.1) is 11.8 Å². The van der Waals surface area contributed by atoms with Crippen molar-refractivity contribution in [2.45, 2.75) is 58.0 Å². The third-order valence-electron chi connectivity index (χ3n) is 8.61. The molecule has 4 N–H and O–H groups in total. The molecular weight excluding hydrogens is 482 g/mol. The van der Waals surface area contributed by atoms with Crippen molar-refractivity contribution in [3.8, 4) is 5.75 Å². The van der Waals surface area contributed by atoms with E-state index in [0.717, 1.165) is 24.1 Å². The van der Waals surface area contributed by atoms with Crippen molar-refractivity contribution in [3.63, 3.8) is 0 Å². The van der Waals surface area contributed by atoms with Gasteiger partial charge in [0.15, 0.2) is 11.4 Å². The average molecular weight is 518 g/mol. The maximum atomic E-state index is 13.9. The Morgan fingerprint density at radius 2 is 1.87 bits per heavy atom. The molecule has 0 heterocycles. The van der Waals surface area contributed by atoms with Crippen molar-refractivity contribution in [1.82, 2.24) is 0 Å². The zero-order chi connectivity index (χ0) is 27.7. The number of aryl methyl sites for hydroxylation is 1. The number of ketones is 2. The summed E-state index contributed by atoms with van der Waals surface area (Å²) in [5.74, 6) is -3.59. The van der Waals surface area contributed by atoms with Crippen LogP contribution in [-0.4, -0.2) is 51.7 Å². The van der Waals surface area contributed by atoms with E-state index < -0.39 is 29.0 Å². The first-order valence-corrected chi connectivity index (χ1v) is 13.1. The monoisotopic (exact) mass is 517 g/mol. The zero-order valence-electron chi connectivity index (χ0n) is 22.4. The van der Waals surface area contributed by atoms with E-state index in [1.54, 1.807) is 0 Å². The molecule has 0 amide bonds. The van der Waals surface area contributed by atoms with Crippen LogP contribution in [0.1, 0.15) is 56.2 Å². The molecule has 0 spiro atoms. The lowest BCUT2D eigenvalue weighted by atomic mass is 9.59. The normalized spacial score (nSPS) is 26.6. The number of aliphatic hydroxyl groups excluding tert-OH is 2. The van der Waals surface area contributed by atoms with Gasteiger partial charge in [-0.1, -0.05) is 29.9 Å². The number of nitrogens with zero attached hydrogens (tertiary/aromatic N) is 1. The quantitative estimate of drug-likeness (QED) is 0.444. The van der Waals surface area contributed by atoms with Crippen LogP contribution in [-0.2, 0) is 22.4 Å². The number of hydrogen-bond acceptors (Lipinski definition) is 7. The summed E-state index contributed by atoms with van der Waals surface area (Å²) in [5, 5.41) is 45.5. The zero-order valence-corrected chi connectivity index (χ0v) is 22.4. The summed E-state index contributed by atoms with van der Waals surface area (Å²) in [7, 11) is 3.79. The molecule has 0 bridgehead atoms. The molecule has 3 atom stereocenters. The Kier molecular flexibility index (Phi) is 6.18. The molecule has 7 heteroatoms. The van der Waals surface area contributed by atoms with E-state index >= 15 is 0 Å². The van der Waals surface area contributed by atoms with Crippen LogP contribution in [0.2, 0.25) is 0 Å². The van der Waals surface area contributed by atoms with E-state index in [9.17, 15) is 30.0 Å². The number of aromatic hydroxyl groups is 1.